The van der Waals surface area contributed by atoms with Crippen LogP contribution in [-0.2, 0) is 25.8 Å². The minimum absolute atomic E-state index is 0. The van der Waals surface area contributed by atoms with Gasteiger partial charge in [-0.05, 0) is 83.4 Å². The number of pyridine rings is 1. The molecule has 0 bridgehead atoms. The Morgan fingerprint density at radius 2 is 1.22 bits per heavy atom. The summed E-state index contributed by atoms with van der Waals surface area (Å²) in [5, 5.41) is 2.16. The van der Waals surface area contributed by atoms with Crippen molar-refractivity contribution in [1.29, 1.82) is 0 Å². The maximum atomic E-state index is 6.84. The summed E-state index contributed by atoms with van der Waals surface area (Å²) in [6.07, 6.45) is 6.12. The van der Waals surface area contributed by atoms with Gasteiger partial charge in [0.1, 0.15) is 5.82 Å². The Morgan fingerprint density at radius 3 is 1.94 bits per heavy atom. The monoisotopic (exact) mass is 920 g/mol. The van der Waals surface area contributed by atoms with Crippen LogP contribution in [0.15, 0.2) is 188 Å². The minimum Gasteiger partial charge on any atom is -0.509 e. The van der Waals surface area contributed by atoms with Crippen LogP contribution in [0.25, 0.3) is 66.6 Å². The molecule has 3 aromatic heterocycles. The van der Waals surface area contributed by atoms with Crippen LogP contribution in [0.3, 0.4) is 0 Å². The third-order valence-corrected chi connectivity index (χ3v) is 12.0. The van der Waals surface area contributed by atoms with Crippen LogP contribution in [-0.4, -0.2) is 14.1 Å². The number of ether oxygens (including phenoxy) is 1. The predicted molar refractivity (Wildman–Crippen MR) is 259 cm³/mol. The molecule has 7 heteroatoms. The van der Waals surface area contributed by atoms with E-state index in [-0.39, 0.29) is 25.8 Å². The Bertz CT molecular complexity index is 3330. The fraction of sp³-hybridized carbons (Fsp3) is 0.0877. The van der Waals surface area contributed by atoms with Crippen LogP contribution < -0.4 is 14.5 Å². The van der Waals surface area contributed by atoms with E-state index in [9.17, 15) is 0 Å². The Kier molecular flexibility index (Phi) is 10.5. The van der Waals surface area contributed by atoms with Crippen LogP contribution in [0.4, 0.5) is 11.4 Å². The minimum atomic E-state index is 0. The summed E-state index contributed by atoms with van der Waals surface area (Å²) in [6, 6.07) is 66.7. The number of hydrogen-bond donors (Lipinski definition) is 0. The van der Waals surface area contributed by atoms with Crippen molar-refractivity contribution >= 4 is 44.2 Å². The average molecular weight is 921 g/mol. The first kappa shape index (κ1) is 40.9. The number of para-hydroxylation sites is 2. The number of anilines is 2. The average Bonchev–Trinajstić information content (AvgIpc) is 4.03. The van der Waals surface area contributed by atoms with Gasteiger partial charge in [-0.1, -0.05) is 141 Å². The molecule has 0 radical (unpaired) electrons. The smallest absolute Gasteiger partial charge is 0.135 e. The van der Waals surface area contributed by atoms with Gasteiger partial charge in [-0.25, -0.2) is 4.98 Å². The third kappa shape index (κ3) is 7.37. The van der Waals surface area contributed by atoms with Gasteiger partial charge in [-0.3, -0.25) is 0 Å². The predicted octanol–water partition coefficient (Wildman–Crippen LogP) is 14.4. The Hall–Kier alpha value is -7.17. The zero-order valence-corrected chi connectivity index (χ0v) is 37.5. The molecule has 0 amide bonds. The number of hydrogen-bond acceptors (Lipinski definition) is 4. The van der Waals surface area contributed by atoms with Crippen molar-refractivity contribution in [3.63, 3.8) is 0 Å². The molecule has 0 unspecified atom stereocenters. The van der Waals surface area contributed by atoms with E-state index in [1.807, 2.05) is 24.4 Å². The summed E-state index contributed by atoms with van der Waals surface area (Å²) >= 11 is 0. The van der Waals surface area contributed by atoms with E-state index in [1.165, 1.54) is 5.56 Å². The van der Waals surface area contributed by atoms with Gasteiger partial charge in [0.25, 0.3) is 0 Å². The number of aryl methyl sites for hydroxylation is 1. The van der Waals surface area contributed by atoms with Crippen LogP contribution in [0, 0.1) is 25.7 Å². The SMILES string of the molecule is Cc1cc(-n2c3[c-]c(Oc4[c-]c(N5C=CN(c6ccc(C(C)(C)C)cc6)[CH-]5)cc(-c5ccccc5)c4)ccc3c3c2c2ccccc2n3-c2ccccc2)ncc1-c1ccccc1.[Pd]. The van der Waals surface area contributed by atoms with E-state index in [1.54, 1.807) is 0 Å². The molecule has 11 rings (SSSR count). The van der Waals surface area contributed by atoms with Gasteiger partial charge in [-0.2, -0.15) is 6.07 Å². The topological polar surface area (TPSA) is 38.5 Å². The van der Waals surface area contributed by atoms with Crippen LogP contribution in [0.1, 0.15) is 31.9 Å². The summed E-state index contributed by atoms with van der Waals surface area (Å²) in [4.78, 5) is 9.39. The van der Waals surface area contributed by atoms with Crippen LogP contribution >= 0.6 is 0 Å². The van der Waals surface area contributed by atoms with Crippen molar-refractivity contribution in [3.05, 3.63) is 218 Å². The van der Waals surface area contributed by atoms with Gasteiger partial charge >= 0.3 is 0 Å². The Balaban J connectivity index is 0.00000484. The number of rotatable bonds is 8. The molecule has 7 aromatic carbocycles. The molecule has 0 spiro atoms. The molecule has 0 saturated carbocycles. The molecule has 64 heavy (non-hydrogen) atoms. The fourth-order valence-corrected chi connectivity index (χ4v) is 8.78. The van der Waals surface area contributed by atoms with E-state index < -0.39 is 0 Å². The standard InChI is InChI=1S/C57H44N5O.Pd/c1-39-32-54(58-37-51(39)41-18-10-6-11-19-41)62-53-36-47(28-29-50(53)55-56(62)49-22-14-15-23-52(49)61(55)45-20-12-7-13-21-45)63-48-34-42(40-16-8-5-9-17-40)33-46(35-48)60-31-30-59(38-60)44-26-24-43(25-27-44)57(2,3)4;/h5-34,37-38H,1-4H3;/q-3;. The van der Waals surface area contributed by atoms with Gasteiger partial charge in [-0.15, -0.1) is 48.3 Å². The number of aromatic nitrogens is 3. The first-order valence-electron chi connectivity index (χ1n) is 21.4. The van der Waals surface area contributed by atoms with E-state index in [0.717, 1.165) is 83.5 Å². The molecule has 0 atom stereocenters. The fourth-order valence-electron chi connectivity index (χ4n) is 8.78. The zero-order chi connectivity index (χ0) is 42.7. The van der Waals surface area contributed by atoms with Gasteiger partial charge in [0.15, 0.2) is 0 Å². The normalized spacial score (nSPS) is 12.7. The zero-order valence-electron chi connectivity index (χ0n) is 35.9. The molecule has 316 valence electrons. The molecule has 0 aliphatic carbocycles. The second kappa shape index (κ2) is 16.5. The molecular formula is C57H44N5OPd-3. The molecule has 0 fully saturated rings. The quantitative estimate of drug-likeness (QED) is 0.112. The van der Waals surface area contributed by atoms with E-state index in [4.69, 9.17) is 9.72 Å². The Labute approximate surface area is 388 Å². The van der Waals surface area contributed by atoms with Crippen molar-refractivity contribution in [2.24, 2.45) is 0 Å². The molecule has 1 aliphatic rings. The van der Waals surface area contributed by atoms with Crippen LogP contribution in [0.2, 0.25) is 0 Å². The van der Waals surface area contributed by atoms with Gasteiger partial charge in [0.2, 0.25) is 0 Å². The summed E-state index contributed by atoms with van der Waals surface area (Å²) in [7, 11) is 0. The van der Waals surface area contributed by atoms with Gasteiger partial charge in [0, 0.05) is 66.0 Å². The largest absolute Gasteiger partial charge is 0.509 e. The molecule has 0 N–H and O–H groups in total. The van der Waals surface area contributed by atoms with Crippen molar-refractivity contribution in [3.8, 4) is 45.3 Å². The van der Waals surface area contributed by atoms with Crippen molar-refractivity contribution < 1.29 is 25.2 Å². The van der Waals surface area contributed by atoms with Crippen LogP contribution in [0.5, 0.6) is 11.5 Å². The summed E-state index contributed by atoms with van der Waals surface area (Å²) in [5.74, 6) is 1.97. The summed E-state index contributed by atoms with van der Waals surface area (Å²) < 4.78 is 11.5. The van der Waals surface area contributed by atoms with Gasteiger partial charge in [0.05, 0.1) is 11.0 Å². The summed E-state index contributed by atoms with van der Waals surface area (Å²) in [5.41, 5.74) is 14.0. The van der Waals surface area contributed by atoms with E-state index >= 15 is 0 Å². The maximum Gasteiger partial charge on any atom is 0.135 e. The van der Waals surface area contributed by atoms with Crippen molar-refractivity contribution in [2.45, 2.75) is 33.1 Å². The molecule has 10 aromatic rings. The second-order valence-electron chi connectivity index (χ2n) is 17.1. The molecule has 6 nitrogen and oxygen atoms in total. The molecule has 0 saturated heterocycles. The maximum absolute atomic E-state index is 6.84. The first-order chi connectivity index (χ1) is 30.8. The van der Waals surface area contributed by atoms with Crippen molar-refractivity contribution in [2.75, 3.05) is 9.80 Å². The number of nitrogens with zero attached hydrogens (tertiary/aromatic N) is 5. The second-order valence-corrected chi connectivity index (χ2v) is 17.1. The van der Waals surface area contributed by atoms with Crippen molar-refractivity contribution in [1.82, 2.24) is 14.1 Å². The number of benzene rings is 7. The van der Waals surface area contributed by atoms with E-state index in [2.05, 4.69) is 229 Å². The van der Waals surface area contributed by atoms with E-state index in [0.29, 0.717) is 11.5 Å². The molecule has 1 aliphatic heterocycles. The molecule has 4 heterocycles. The van der Waals surface area contributed by atoms with Gasteiger partial charge < -0.3 is 23.7 Å². The number of fused-ring (bicyclic) bond motifs is 5. The molecular weight excluding hydrogens is 877 g/mol. The Morgan fingerprint density at radius 1 is 0.562 bits per heavy atom. The summed E-state index contributed by atoms with van der Waals surface area (Å²) in [6.45, 7) is 11.0. The third-order valence-electron chi connectivity index (χ3n) is 12.0. The first-order valence-corrected chi connectivity index (χ1v) is 21.4.